The number of hydrogen-bond donors (Lipinski definition) is 0. The predicted molar refractivity (Wildman–Crippen MR) is 142 cm³/mol. The Morgan fingerprint density at radius 1 is 0.438 bits per heavy atom. The minimum Gasteiger partial charge on any atom is -1.00 e. The van der Waals surface area contributed by atoms with Crippen LogP contribution in [0.15, 0.2) is 91.0 Å². The summed E-state index contributed by atoms with van der Waals surface area (Å²) in [6.07, 6.45) is 15.2. The molecule has 172 valence electrons. The van der Waals surface area contributed by atoms with Crippen LogP contribution in [0.25, 0.3) is 0 Å². The Morgan fingerprint density at radius 2 is 0.750 bits per heavy atom. The highest BCUT2D eigenvalue weighted by Gasteiger charge is 2.44. The standard InChI is InChI=1S/C30H40P.HI/c1-2-3-4-5-6-7-8-9-10-20-27-31(28-21-14-11-15-22-28,29-23-16-12-17-24-29)30-25-18-13-19-26-30;/h11-19,21-26H,2-10,20,27H2,1H3;1H/q+1;/p-1. The molecule has 0 fully saturated rings. The highest BCUT2D eigenvalue weighted by molar-refractivity contribution is 7.95. The monoisotopic (exact) mass is 558 g/mol. The van der Waals surface area contributed by atoms with Crippen molar-refractivity contribution in [3.63, 3.8) is 0 Å². The van der Waals surface area contributed by atoms with Crippen LogP contribution in [0.4, 0.5) is 0 Å². The molecule has 0 aliphatic rings. The largest absolute Gasteiger partial charge is 1.00 e. The van der Waals surface area contributed by atoms with Crippen LogP contribution in [0.2, 0.25) is 0 Å². The fourth-order valence-corrected chi connectivity index (χ4v) is 9.13. The third-order valence-electron chi connectivity index (χ3n) is 6.44. The quantitative estimate of drug-likeness (QED) is 0.150. The predicted octanol–water partition coefficient (Wildman–Crippen LogP) is 4.91. The number of unbranched alkanes of at least 4 members (excludes halogenated alkanes) is 9. The summed E-state index contributed by atoms with van der Waals surface area (Å²) in [5.41, 5.74) is 0. The van der Waals surface area contributed by atoms with Gasteiger partial charge in [-0.2, -0.15) is 0 Å². The summed E-state index contributed by atoms with van der Waals surface area (Å²) in [5.74, 6) is 0. The van der Waals surface area contributed by atoms with Crippen LogP contribution in [0.3, 0.4) is 0 Å². The third kappa shape index (κ3) is 7.70. The molecule has 3 aromatic carbocycles. The second kappa shape index (κ2) is 15.6. The summed E-state index contributed by atoms with van der Waals surface area (Å²) in [4.78, 5) is 0. The van der Waals surface area contributed by atoms with Crippen LogP contribution in [-0.2, 0) is 0 Å². The Balaban J connectivity index is 0.00000363. The molecule has 32 heavy (non-hydrogen) atoms. The van der Waals surface area contributed by atoms with Gasteiger partial charge in [0.25, 0.3) is 0 Å². The zero-order chi connectivity index (χ0) is 21.6. The summed E-state index contributed by atoms with van der Waals surface area (Å²) in [6.45, 7) is 2.29. The summed E-state index contributed by atoms with van der Waals surface area (Å²) >= 11 is 0. The lowest BCUT2D eigenvalue weighted by atomic mass is 10.1. The summed E-state index contributed by atoms with van der Waals surface area (Å²) in [6, 6.07) is 33.9. The third-order valence-corrected chi connectivity index (χ3v) is 11.0. The zero-order valence-electron chi connectivity index (χ0n) is 19.8. The number of rotatable bonds is 14. The van der Waals surface area contributed by atoms with Crippen molar-refractivity contribution in [2.45, 2.75) is 71.1 Å². The van der Waals surface area contributed by atoms with E-state index >= 15 is 0 Å². The van der Waals surface area contributed by atoms with Crippen molar-refractivity contribution in [1.29, 1.82) is 0 Å². The zero-order valence-corrected chi connectivity index (χ0v) is 22.8. The summed E-state index contributed by atoms with van der Waals surface area (Å²) in [7, 11) is -1.63. The second-order valence-electron chi connectivity index (χ2n) is 8.72. The van der Waals surface area contributed by atoms with Crippen molar-refractivity contribution in [2.75, 3.05) is 6.16 Å². The van der Waals surface area contributed by atoms with E-state index in [4.69, 9.17) is 0 Å². The van der Waals surface area contributed by atoms with E-state index < -0.39 is 7.26 Å². The molecule has 0 radical (unpaired) electrons. The van der Waals surface area contributed by atoms with Crippen LogP contribution in [0, 0.1) is 0 Å². The smallest absolute Gasteiger partial charge is 0.112 e. The van der Waals surface area contributed by atoms with E-state index in [0.29, 0.717) is 0 Å². The maximum Gasteiger partial charge on any atom is 0.112 e. The molecule has 0 bridgehead atoms. The molecular formula is C30H40IP. The van der Waals surface area contributed by atoms with Crippen LogP contribution in [0.5, 0.6) is 0 Å². The van der Waals surface area contributed by atoms with E-state index in [2.05, 4.69) is 97.9 Å². The van der Waals surface area contributed by atoms with E-state index in [9.17, 15) is 0 Å². The van der Waals surface area contributed by atoms with Crippen LogP contribution in [-0.4, -0.2) is 6.16 Å². The molecule has 0 aromatic heterocycles. The van der Waals surface area contributed by atoms with E-state index in [1.54, 1.807) is 0 Å². The molecule has 0 saturated heterocycles. The molecule has 0 saturated carbocycles. The normalized spacial score (nSPS) is 11.2. The maximum absolute atomic E-state index is 2.37. The Morgan fingerprint density at radius 3 is 1.09 bits per heavy atom. The van der Waals surface area contributed by atoms with Gasteiger partial charge in [-0.05, 0) is 49.2 Å². The molecule has 0 atom stereocenters. The lowest BCUT2D eigenvalue weighted by molar-refractivity contribution is -0.00000631. The van der Waals surface area contributed by atoms with Gasteiger partial charge in [0.15, 0.2) is 0 Å². The molecule has 3 aromatic rings. The van der Waals surface area contributed by atoms with Gasteiger partial charge in [0, 0.05) is 0 Å². The van der Waals surface area contributed by atoms with Gasteiger partial charge >= 0.3 is 0 Å². The minimum atomic E-state index is -1.63. The molecular weight excluding hydrogens is 518 g/mol. The number of hydrogen-bond acceptors (Lipinski definition) is 0. The molecule has 0 unspecified atom stereocenters. The van der Waals surface area contributed by atoms with Gasteiger partial charge in [-0.3, -0.25) is 0 Å². The Labute approximate surface area is 214 Å². The Bertz CT molecular complexity index is 736. The molecule has 0 nitrogen and oxygen atoms in total. The Kier molecular flexibility index (Phi) is 13.2. The first-order chi connectivity index (χ1) is 15.4. The van der Waals surface area contributed by atoms with E-state index in [1.165, 1.54) is 86.3 Å². The average Bonchev–Trinajstić information content (AvgIpc) is 2.84. The second-order valence-corrected chi connectivity index (χ2v) is 12.3. The molecule has 2 heteroatoms. The number of benzene rings is 3. The van der Waals surface area contributed by atoms with Gasteiger partial charge in [0.2, 0.25) is 0 Å². The highest BCUT2D eigenvalue weighted by Crippen LogP contribution is 2.55. The van der Waals surface area contributed by atoms with Gasteiger partial charge in [0.1, 0.15) is 23.2 Å². The molecule has 0 amide bonds. The van der Waals surface area contributed by atoms with Crippen molar-refractivity contribution < 1.29 is 24.0 Å². The lowest BCUT2D eigenvalue weighted by Gasteiger charge is -2.27. The molecule has 0 spiro atoms. The molecule has 0 aliphatic carbocycles. The van der Waals surface area contributed by atoms with Gasteiger partial charge in [-0.15, -0.1) is 0 Å². The van der Waals surface area contributed by atoms with Gasteiger partial charge in [0.05, 0.1) is 6.16 Å². The molecule has 3 rings (SSSR count). The van der Waals surface area contributed by atoms with Gasteiger partial charge < -0.3 is 24.0 Å². The van der Waals surface area contributed by atoms with Crippen molar-refractivity contribution in [1.82, 2.24) is 0 Å². The first-order valence-electron chi connectivity index (χ1n) is 12.4. The minimum absolute atomic E-state index is 0. The average molecular weight is 559 g/mol. The van der Waals surface area contributed by atoms with Crippen molar-refractivity contribution in [3.05, 3.63) is 91.0 Å². The van der Waals surface area contributed by atoms with Crippen molar-refractivity contribution in [3.8, 4) is 0 Å². The lowest BCUT2D eigenvalue weighted by Crippen LogP contribution is -3.00. The molecule has 0 aliphatic heterocycles. The number of halogens is 1. The Hall–Kier alpha value is -1.18. The van der Waals surface area contributed by atoms with Crippen LogP contribution < -0.4 is 39.9 Å². The highest BCUT2D eigenvalue weighted by atomic mass is 127. The van der Waals surface area contributed by atoms with Gasteiger partial charge in [-0.1, -0.05) is 113 Å². The summed E-state index contributed by atoms with van der Waals surface area (Å²) < 4.78 is 0. The maximum atomic E-state index is 2.37. The van der Waals surface area contributed by atoms with Gasteiger partial charge in [-0.25, -0.2) is 0 Å². The van der Waals surface area contributed by atoms with E-state index in [0.717, 1.165) is 0 Å². The first-order valence-corrected chi connectivity index (χ1v) is 14.4. The SMILES string of the molecule is CCCCCCCCCCCC[P+](c1ccccc1)(c1ccccc1)c1ccccc1.[I-]. The summed E-state index contributed by atoms with van der Waals surface area (Å²) in [5, 5.41) is 4.55. The van der Waals surface area contributed by atoms with Crippen molar-refractivity contribution in [2.24, 2.45) is 0 Å². The van der Waals surface area contributed by atoms with Crippen molar-refractivity contribution >= 4 is 23.2 Å². The fourth-order valence-electron chi connectivity index (χ4n) is 4.72. The topological polar surface area (TPSA) is 0 Å². The van der Waals surface area contributed by atoms with Crippen LogP contribution >= 0.6 is 7.26 Å². The first kappa shape index (κ1) is 27.1. The van der Waals surface area contributed by atoms with E-state index in [1.807, 2.05) is 0 Å². The fraction of sp³-hybridized carbons (Fsp3) is 0.400. The van der Waals surface area contributed by atoms with Crippen LogP contribution in [0.1, 0.15) is 71.1 Å². The van der Waals surface area contributed by atoms with E-state index in [-0.39, 0.29) is 24.0 Å². The molecule has 0 heterocycles. The molecule has 0 N–H and O–H groups in total.